The molecule has 3 N–H and O–H groups in total. The van der Waals surface area contributed by atoms with Gasteiger partial charge in [-0.1, -0.05) is 25.7 Å². The van der Waals surface area contributed by atoms with Crippen LogP contribution in [0.3, 0.4) is 0 Å². The third kappa shape index (κ3) is 4.40. The predicted molar refractivity (Wildman–Crippen MR) is 58.8 cm³/mol. The molecule has 1 saturated carbocycles. The largest absolute Gasteiger partial charge is 0.380 e. The van der Waals surface area contributed by atoms with E-state index in [1.165, 1.54) is 32.1 Å². The molecule has 84 valence electrons. The molecule has 0 spiro atoms. The monoisotopic (exact) mass is 200 g/mol. The van der Waals surface area contributed by atoms with E-state index in [0.29, 0.717) is 6.04 Å². The molecule has 0 bridgehead atoms. The maximum Gasteiger partial charge on any atom is 0.0632 e. The van der Waals surface area contributed by atoms with Crippen molar-refractivity contribution in [2.75, 3.05) is 13.2 Å². The molecule has 0 aliphatic heterocycles. The zero-order chi connectivity index (χ0) is 10.2. The van der Waals surface area contributed by atoms with Gasteiger partial charge in [-0.2, -0.15) is 0 Å². The lowest BCUT2D eigenvalue weighted by Gasteiger charge is -2.17. The summed E-state index contributed by atoms with van der Waals surface area (Å²) in [6, 6.07) is 0.343. The highest BCUT2D eigenvalue weighted by Crippen LogP contribution is 2.28. The van der Waals surface area contributed by atoms with Crippen molar-refractivity contribution in [2.45, 2.75) is 51.5 Å². The average molecular weight is 200 g/mol. The van der Waals surface area contributed by atoms with Crippen LogP contribution in [-0.2, 0) is 4.74 Å². The van der Waals surface area contributed by atoms with Gasteiger partial charge in [0.05, 0.1) is 6.61 Å². The van der Waals surface area contributed by atoms with Crippen LogP contribution in [0.15, 0.2) is 0 Å². The molecule has 1 aliphatic carbocycles. The van der Waals surface area contributed by atoms with Crippen molar-refractivity contribution in [1.82, 2.24) is 5.43 Å². The van der Waals surface area contributed by atoms with E-state index >= 15 is 0 Å². The number of ether oxygens (including phenoxy) is 1. The Hall–Kier alpha value is -0.120. The van der Waals surface area contributed by atoms with Crippen LogP contribution in [0.2, 0.25) is 0 Å². The molecule has 0 radical (unpaired) electrons. The van der Waals surface area contributed by atoms with E-state index in [1.54, 1.807) is 0 Å². The van der Waals surface area contributed by atoms with Gasteiger partial charge < -0.3 is 4.74 Å². The summed E-state index contributed by atoms with van der Waals surface area (Å²) >= 11 is 0. The Morgan fingerprint density at radius 2 is 2.14 bits per heavy atom. The second-order valence-electron chi connectivity index (χ2n) is 4.25. The van der Waals surface area contributed by atoms with Crippen molar-refractivity contribution in [3.8, 4) is 0 Å². The van der Waals surface area contributed by atoms with Crippen LogP contribution in [0.5, 0.6) is 0 Å². The molecule has 1 rings (SSSR count). The molecule has 0 aromatic rings. The van der Waals surface area contributed by atoms with Crippen LogP contribution in [0.25, 0.3) is 0 Å². The van der Waals surface area contributed by atoms with Gasteiger partial charge in [0.15, 0.2) is 0 Å². The fourth-order valence-electron chi connectivity index (χ4n) is 2.21. The van der Waals surface area contributed by atoms with Crippen LogP contribution >= 0.6 is 0 Å². The van der Waals surface area contributed by atoms with Gasteiger partial charge in [-0.15, -0.1) is 0 Å². The molecule has 3 heteroatoms. The number of hydrogen-bond donors (Lipinski definition) is 2. The van der Waals surface area contributed by atoms with E-state index in [0.717, 1.165) is 25.6 Å². The summed E-state index contributed by atoms with van der Waals surface area (Å²) in [5, 5.41) is 0. The highest BCUT2D eigenvalue weighted by atomic mass is 16.5. The smallest absolute Gasteiger partial charge is 0.0632 e. The van der Waals surface area contributed by atoms with E-state index in [1.807, 2.05) is 6.92 Å². The SMILES string of the molecule is CCOCC(CCC1CCCC1)NN. The minimum atomic E-state index is 0.343. The lowest BCUT2D eigenvalue weighted by Crippen LogP contribution is -2.38. The fourth-order valence-corrected chi connectivity index (χ4v) is 2.21. The zero-order valence-corrected chi connectivity index (χ0v) is 9.30. The number of nitrogens with one attached hydrogen (secondary N) is 1. The van der Waals surface area contributed by atoms with E-state index in [2.05, 4.69) is 5.43 Å². The van der Waals surface area contributed by atoms with Crippen molar-refractivity contribution in [2.24, 2.45) is 11.8 Å². The van der Waals surface area contributed by atoms with Crippen LogP contribution in [0, 0.1) is 5.92 Å². The van der Waals surface area contributed by atoms with Gasteiger partial charge in [0, 0.05) is 12.6 Å². The van der Waals surface area contributed by atoms with E-state index < -0.39 is 0 Å². The maximum atomic E-state index is 5.47. The van der Waals surface area contributed by atoms with Gasteiger partial charge in [0.2, 0.25) is 0 Å². The van der Waals surface area contributed by atoms with Gasteiger partial charge in [0.1, 0.15) is 0 Å². The fraction of sp³-hybridized carbons (Fsp3) is 1.00. The number of rotatable bonds is 7. The predicted octanol–water partition coefficient (Wildman–Crippen LogP) is 1.83. The van der Waals surface area contributed by atoms with Crippen molar-refractivity contribution in [3.63, 3.8) is 0 Å². The minimum absolute atomic E-state index is 0.343. The standard InChI is InChI=1S/C11H24N2O/c1-2-14-9-11(13-12)8-7-10-5-3-4-6-10/h10-11,13H,2-9,12H2,1H3. The van der Waals surface area contributed by atoms with Crippen LogP contribution in [-0.4, -0.2) is 19.3 Å². The molecule has 3 nitrogen and oxygen atoms in total. The Balaban J connectivity index is 2.06. The summed E-state index contributed by atoms with van der Waals surface area (Å²) < 4.78 is 5.36. The highest BCUT2D eigenvalue weighted by Gasteiger charge is 2.16. The van der Waals surface area contributed by atoms with Crippen LogP contribution < -0.4 is 11.3 Å². The van der Waals surface area contributed by atoms with Gasteiger partial charge in [-0.25, -0.2) is 0 Å². The van der Waals surface area contributed by atoms with Gasteiger partial charge in [-0.3, -0.25) is 11.3 Å². The lowest BCUT2D eigenvalue weighted by molar-refractivity contribution is 0.118. The van der Waals surface area contributed by atoms with Crippen molar-refractivity contribution < 1.29 is 4.74 Å². The quantitative estimate of drug-likeness (QED) is 0.487. The second-order valence-corrected chi connectivity index (χ2v) is 4.25. The summed E-state index contributed by atoms with van der Waals surface area (Å²) in [6.07, 6.45) is 8.16. The Morgan fingerprint density at radius 1 is 1.43 bits per heavy atom. The van der Waals surface area contributed by atoms with Crippen molar-refractivity contribution >= 4 is 0 Å². The third-order valence-corrected chi connectivity index (χ3v) is 3.16. The molecular formula is C11H24N2O. The summed E-state index contributed by atoms with van der Waals surface area (Å²) in [6.45, 7) is 3.55. The van der Waals surface area contributed by atoms with E-state index in [4.69, 9.17) is 10.6 Å². The van der Waals surface area contributed by atoms with Crippen LogP contribution in [0.1, 0.15) is 45.4 Å². The van der Waals surface area contributed by atoms with E-state index in [-0.39, 0.29) is 0 Å². The molecule has 0 saturated heterocycles. The molecule has 1 fully saturated rings. The maximum absolute atomic E-state index is 5.47. The first-order chi connectivity index (χ1) is 6.86. The third-order valence-electron chi connectivity index (χ3n) is 3.16. The van der Waals surface area contributed by atoms with Crippen LogP contribution in [0.4, 0.5) is 0 Å². The van der Waals surface area contributed by atoms with E-state index in [9.17, 15) is 0 Å². The molecule has 1 unspecified atom stereocenters. The molecule has 0 aromatic carbocycles. The average Bonchev–Trinajstić information content (AvgIpc) is 2.71. The Kier molecular flexibility index (Phi) is 6.15. The lowest BCUT2D eigenvalue weighted by atomic mass is 9.99. The Labute approximate surface area is 87.4 Å². The second kappa shape index (κ2) is 7.21. The Bertz CT molecular complexity index is 135. The summed E-state index contributed by atoms with van der Waals surface area (Å²) in [5.74, 6) is 6.42. The highest BCUT2D eigenvalue weighted by molar-refractivity contribution is 4.71. The Morgan fingerprint density at radius 3 is 2.71 bits per heavy atom. The molecule has 1 atom stereocenters. The summed E-state index contributed by atoms with van der Waals surface area (Å²) in [5.41, 5.74) is 2.84. The molecule has 0 aromatic heterocycles. The first-order valence-corrected chi connectivity index (χ1v) is 5.90. The first-order valence-electron chi connectivity index (χ1n) is 5.90. The molecule has 0 amide bonds. The first kappa shape index (κ1) is 12.0. The normalized spacial score (nSPS) is 20.1. The van der Waals surface area contributed by atoms with Gasteiger partial charge in [-0.05, 0) is 25.7 Å². The minimum Gasteiger partial charge on any atom is -0.380 e. The molecule has 0 heterocycles. The molecule has 14 heavy (non-hydrogen) atoms. The van der Waals surface area contributed by atoms with Crippen molar-refractivity contribution in [1.29, 1.82) is 0 Å². The summed E-state index contributed by atoms with van der Waals surface area (Å²) in [7, 11) is 0. The van der Waals surface area contributed by atoms with Crippen molar-refractivity contribution in [3.05, 3.63) is 0 Å². The molecule has 1 aliphatic rings. The topological polar surface area (TPSA) is 47.3 Å². The van der Waals surface area contributed by atoms with Gasteiger partial charge >= 0.3 is 0 Å². The van der Waals surface area contributed by atoms with Gasteiger partial charge in [0.25, 0.3) is 0 Å². The zero-order valence-electron chi connectivity index (χ0n) is 9.30. The number of nitrogens with two attached hydrogens (primary N) is 1. The summed E-state index contributed by atoms with van der Waals surface area (Å²) in [4.78, 5) is 0. The number of hydrazine groups is 1. The molecular weight excluding hydrogens is 176 g/mol. The number of hydrogen-bond acceptors (Lipinski definition) is 3.